The van der Waals surface area contributed by atoms with Crippen molar-refractivity contribution in [2.75, 3.05) is 17.3 Å². The van der Waals surface area contributed by atoms with E-state index in [4.69, 9.17) is 11.6 Å². The van der Waals surface area contributed by atoms with Crippen LogP contribution in [0.2, 0.25) is 5.28 Å². The van der Waals surface area contributed by atoms with E-state index < -0.39 is 4.92 Å². The highest BCUT2D eigenvalue weighted by Crippen LogP contribution is 2.27. The van der Waals surface area contributed by atoms with Crippen molar-refractivity contribution in [3.05, 3.63) is 21.1 Å². The van der Waals surface area contributed by atoms with Crippen LogP contribution in [0.3, 0.4) is 0 Å². The Morgan fingerprint density at radius 3 is 2.76 bits per heavy atom. The third-order valence-electron chi connectivity index (χ3n) is 2.01. The molecule has 1 heterocycles. The standard InChI is InChI=1S/C9H13ClN4O2S/c1-5(4-17-3)11-8-7(14(15)16)6(2)12-9(10)13-8/h5H,4H2,1-3H3,(H,11,12,13). The van der Waals surface area contributed by atoms with Crippen LogP contribution >= 0.6 is 23.4 Å². The van der Waals surface area contributed by atoms with E-state index in [1.165, 1.54) is 6.92 Å². The van der Waals surface area contributed by atoms with Crippen molar-refractivity contribution in [3.63, 3.8) is 0 Å². The van der Waals surface area contributed by atoms with Crippen molar-refractivity contribution in [1.29, 1.82) is 0 Å². The van der Waals surface area contributed by atoms with E-state index in [9.17, 15) is 10.1 Å². The first-order chi connectivity index (χ1) is 7.95. The third-order valence-corrected chi connectivity index (χ3v) is 3.02. The second kappa shape index (κ2) is 6.02. The molecule has 1 atom stereocenters. The Bertz CT molecular complexity index is 430. The molecule has 1 N–H and O–H groups in total. The van der Waals surface area contributed by atoms with Gasteiger partial charge in [0.25, 0.3) is 0 Å². The van der Waals surface area contributed by atoms with Crippen LogP contribution in [0.25, 0.3) is 0 Å². The van der Waals surface area contributed by atoms with Gasteiger partial charge in [0.05, 0.1) is 4.92 Å². The number of halogens is 1. The van der Waals surface area contributed by atoms with Crippen molar-refractivity contribution < 1.29 is 4.92 Å². The van der Waals surface area contributed by atoms with E-state index in [-0.39, 0.29) is 28.5 Å². The highest BCUT2D eigenvalue weighted by atomic mass is 35.5. The summed E-state index contributed by atoms with van der Waals surface area (Å²) in [5, 5.41) is 13.9. The maximum atomic E-state index is 10.9. The number of thioether (sulfide) groups is 1. The average molecular weight is 277 g/mol. The summed E-state index contributed by atoms with van der Waals surface area (Å²) in [6, 6.07) is 0.0640. The minimum Gasteiger partial charge on any atom is -0.361 e. The van der Waals surface area contributed by atoms with Gasteiger partial charge in [-0.1, -0.05) is 0 Å². The van der Waals surface area contributed by atoms with E-state index >= 15 is 0 Å². The molecular formula is C9H13ClN4O2S. The van der Waals surface area contributed by atoms with Gasteiger partial charge in [-0.3, -0.25) is 10.1 Å². The van der Waals surface area contributed by atoms with Crippen molar-refractivity contribution in [1.82, 2.24) is 9.97 Å². The largest absolute Gasteiger partial charge is 0.361 e. The van der Waals surface area contributed by atoms with Gasteiger partial charge in [0, 0.05) is 11.8 Å². The first-order valence-corrected chi connectivity index (χ1v) is 6.67. The average Bonchev–Trinajstić information content (AvgIpc) is 2.15. The second-order valence-corrected chi connectivity index (χ2v) is 4.78. The highest BCUT2D eigenvalue weighted by molar-refractivity contribution is 7.98. The zero-order valence-electron chi connectivity index (χ0n) is 9.73. The first-order valence-electron chi connectivity index (χ1n) is 4.89. The number of anilines is 1. The van der Waals surface area contributed by atoms with Crippen molar-refractivity contribution >= 4 is 34.9 Å². The summed E-state index contributed by atoms with van der Waals surface area (Å²) in [4.78, 5) is 18.1. The molecule has 6 nitrogen and oxygen atoms in total. The Morgan fingerprint density at radius 1 is 1.59 bits per heavy atom. The molecule has 17 heavy (non-hydrogen) atoms. The summed E-state index contributed by atoms with van der Waals surface area (Å²) in [7, 11) is 0. The topological polar surface area (TPSA) is 81.0 Å². The SMILES string of the molecule is CSCC(C)Nc1nc(Cl)nc(C)c1[N+](=O)[O-]. The molecule has 0 radical (unpaired) electrons. The third kappa shape index (κ3) is 3.71. The molecule has 1 aromatic rings. The molecule has 0 amide bonds. The molecule has 0 fully saturated rings. The van der Waals surface area contributed by atoms with E-state index in [1.807, 2.05) is 13.2 Å². The van der Waals surface area contributed by atoms with Crippen LogP contribution in [0.4, 0.5) is 11.5 Å². The molecular weight excluding hydrogens is 264 g/mol. The predicted octanol–water partition coefficient (Wildman–Crippen LogP) is 2.51. The molecule has 1 rings (SSSR count). The van der Waals surface area contributed by atoms with Crippen molar-refractivity contribution in [2.24, 2.45) is 0 Å². The van der Waals surface area contributed by atoms with Gasteiger partial charge in [0.1, 0.15) is 5.69 Å². The van der Waals surface area contributed by atoms with Crippen LogP contribution in [-0.4, -0.2) is 32.9 Å². The number of aryl methyl sites for hydroxylation is 1. The van der Waals surface area contributed by atoms with Gasteiger partial charge in [-0.2, -0.15) is 16.7 Å². The number of nitro groups is 1. The van der Waals surface area contributed by atoms with Crippen molar-refractivity contribution in [3.8, 4) is 0 Å². The fourth-order valence-corrected chi connectivity index (χ4v) is 2.17. The Balaban J connectivity index is 3.08. The van der Waals surface area contributed by atoms with Gasteiger partial charge >= 0.3 is 5.69 Å². The van der Waals surface area contributed by atoms with Crippen molar-refractivity contribution in [2.45, 2.75) is 19.9 Å². The number of hydrogen-bond acceptors (Lipinski definition) is 6. The number of nitrogens with zero attached hydrogens (tertiary/aromatic N) is 3. The normalized spacial score (nSPS) is 12.2. The smallest absolute Gasteiger partial charge is 0.332 e. The molecule has 0 spiro atoms. The molecule has 0 aliphatic rings. The molecule has 1 aromatic heterocycles. The van der Waals surface area contributed by atoms with E-state index in [1.54, 1.807) is 11.8 Å². The van der Waals surface area contributed by atoms with Crippen LogP contribution in [-0.2, 0) is 0 Å². The maximum absolute atomic E-state index is 10.9. The number of rotatable bonds is 5. The summed E-state index contributed by atoms with van der Waals surface area (Å²) >= 11 is 7.34. The summed E-state index contributed by atoms with van der Waals surface area (Å²) in [6.45, 7) is 3.46. The highest BCUT2D eigenvalue weighted by Gasteiger charge is 2.22. The summed E-state index contributed by atoms with van der Waals surface area (Å²) in [6.07, 6.45) is 1.96. The summed E-state index contributed by atoms with van der Waals surface area (Å²) < 4.78 is 0. The Hall–Kier alpha value is -1.08. The molecule has 0 bridgehead atoms. The van der Waals surface area contributed by atoms with E-state index in [0.717, 1.165) is 5.75 Å². The zero-order chi connectivity index (χ0) is 13.0. The molecule has 0 saturated carbocycles. The number of nitrogens with one attached hydrogen (secondary N) is 1. The predicted molar refractivity (Wildman–Crippen MR) is 69.9 cm³/mol. The second-order valence-electron chi connectivity index (χ2n) is 3.53. The Morgan fingerprint density at radius 2 is 2.24 bits per heavy atom. The maximum Gasteiger partial charge on any atom is 0.332 e. The van der Waals surface area contributed by atoms with E-state index in [0.29, 0.717) is 0 Å². The van der Waals surface area contributed by atoms with Crippen LogP contribution in [0.15, 0.2) is 0 Å². The number of aromatic nitrogens is 2. The van der Waals surface area contributed by atoms with Crippen LogP contribution in [0, 0.1) is 17.0 Å². The quantitative estimate of drug-likeness (QED) is 0.506. The van der Waals surface area contributed by atoms with Crippen LogP contribution in [0.1, 0.15) is 12.6 Å². The fraction of sp³-hybridized carbons (Fsp3) is 0.556. The Labute approximate surface area is 108 Å². The van der Waals surface area contributed by atoms with Gasteiger partial charge in [-0.25, -0.2) is 4.98 Å². The number of hydrogen-bond donors (Lipinski definition) is 1. The monoisotopic (exact) mass is 276 g/mol. The minimum absolute atomic E-state index is 0.00644. The first kappa shape index (κ1) is 14.0. The van der Waals surface area contributed by atoms with E-state index in [2.05, 4.69) is 15.3 Å². The molecule has 8 heteroatoms. The van der Waals surface area contributed by atoms with Gasteiger partial charge in [0.15, 0.2) is 0 Å². The van der Waals surface area contributed by atoms with Gasteiger partial charge in [-0.05, 0) is 31.7 Å². The van der Waals surface area contributed by atoms with Gasteiger partial charge in [0.2, 0.25) is 11.1 Å². The zero-order valence-corrected chi connectivity index (χ0v) is 11.3. The molecule has 0 aliphatic carbocycles. The lowest BCUT2D eigenvalue weighted by molar-refractivity contribution is -0.385. The molecule has 0 saturated heterocycles. The van der Waals surface area contributed by atoms with Gasteiger partial charge < -0.3 is 5.32 Å². The van der Waals surface area contributed by atoms with Crippen LogP contribution in [0.5, 0.6) is 0 Å². The minimum atomic E-state index is -0.500. The lowest BCUT2D eigenvalue weighted by Crippen LogP contribution is -2.20. The Kier molecular flexibility index (Phi) is 4.95. The summed E-state index contributed by atoms with van der Waals surface area (Å²) in [5.74, 6) is 0.992. The van der Waals surface area contributed by atoms with Gasteiger partial charge in [-0.15, -0.1) is 0 Å². The summed E-state index contributed by atoms with van der Waals surface area (Å²) in [5.41, 5.74) is 0.135. The molecule has 94 valence electrons. The molecule has 0 aliphatic heterocycles. The molecule has 1 unspecified atom stereocenters. The lowest BCUT2D eigenvalue weighted by Gasteiger charge is -2.13. The lowest BCUT2D eigenvalue weighted by atomic mass is 10.3. The molecule has 0 aromatic carbocycles. The van der Waals surface area contributed by atoms with Crippen LogP contribution < -0.4 is 5.32 Å². The fourth-order valence-electron chi connectivity index (χ4n) is 1.38.